The van der Waals surface area contributed by atoms with Gasteiger partial charge in [0.15, 0.2) is 0 Å². The van der Waals surface area contributed by atoms with Crippen molar-refractivity contribution in [3.8, 4) is 0 Å². The maximum absolute atomic E-state index is 12.6. The van der Waals surface area contributed by atoms with Gasteiger partial charge in [0.2, 0.25) is 0 Å². The first-order chi connectivity index (χ1) is 19.2. The molecular weight excluding hydrogens is 542 g/mol. The number of anilines is 1. The lowest BCUT2D eigenvalue weighted by Gasteiger charge is -2.17. The van der Waals surface area contributed by atoms with Gasteiger partial charge in [0.1, 0.15) is 22.4 Å². The number of amides is 3. The van der Waals surface area contributed by atoms with Crippen molar-refractivity contribution in [3.05, 3.63) is 83.8 Å². The highest BCUT2D eigenvalue weighted by atomic mass is 32.2. The normalized spacial score (nSPS) is 11.9. The average Bonchev–Trinajstić information content (AvgIpc) is 2.96. The van der Waals surface area contributed by atoms with Crippen LogP contribution in [0.2, 0.25) is 0 Å². The molecule has 2 heterocycles. The van der Waals surface area contributed by atoms with Gasteiger partial charge < -0.3 is 10.6 Å². The number of carbonyl (C=O) groups is 3. The number of nitrogens with zero attached hydrogens (tertiary/aromatic N) is 3. The molecule has 0 saturated heterocycles. The predicted molar refractivity (Wildman–Crippen MR) is 143 cm³/mol. The second-order valence-electron chi connectivity index (χ2n) is 8.28. The molecule has 0 radical (unpaired) electrons. The number of rotatable bonds is 13. The van der Waals surface area contributed by atoms with Crippen molar-refractivity contribution in [1.82, 2.24) is 26.1 Å². The zero-order chi connectivity index (χ0) is 29.0. The lowest BCUT2D eigenvalue weighted by atomic mass is 10.1. The van der Waals surface area contributed by atoms with Crippen molar-refractivity contribution in [2.75, 3.05) is 12.0 Å². The molecule has 1 aromatic carbocycles. The minimum absolute atomic E-state index is 0.129. The van der Waals surface area contributed by atoms with Crippen molar-refractivity contribution >= 4 is 39.9 Å². The SMILES string of the molecule is O=C(NC(CCCCNC(=O)c1ccccn1)C(=O)NO)c1ccc(NN=Cc2ccccc2S(=O)(=O)O)nc1. The number of hydroxylamine groups is 1. The molecule has 6 N–H and O–H groups in total. The lowest BCUT2D eigenvalue weighted by molar-refractivity contribution is -0.131. The van der Waals surface area contributed by atoms with Gasteiger partial charge in [-0.15, -0.1) is 0 Å². The molecular formula is C25H27N7O7S. The van der Waals surface area contributed by atoms with Crippen molar-refractivity contribution in [2.45, 2.75) is 30.2 Å². The summed E-state index contributed by atoms with van der Waals surface area (Å²) >= 11 is 0. The molecule has 2 aromatic heterocycles. The highest BCUT2D eigenvalue weighted by Gasteiger charge is 2.21. The van der Waals surface area contributed by atoms with E-state index in [1.165, 1.54) is 54.4 Å². The molecule has 0 fully saturated rings. The molecule has 0 saturated carbocycles. The van der Waals surface area contributed by atoms with Crippen molar-refractivity contribution in [3.63, 3.8) is 0 Å². The van der Waals surface area contributed by atoms with Crippen LogP contribution >= 0.6 is 0 Å². The lowest BCUT2D eigenvalue weighted by Crippen LogP contribution is -2.46. The summed E-state index contributed by atoms with van der Waals surface area (Å²) in [4.78, 5) is 44.4. The van der Waals surface area contributed by atoms with E-state index in [0.29, 0.717) is 19.4 Å². The van der Waals surface area contributed by atoms with Crippen LogP contribution in [0.1, 0.15) is 45.7 Å². The van der Waals surface area contributed by atoms with Crippen LogP contribution in [0.3, 0.4) is 0 Å². The average molecular weight is 570 g/mol. The molecule has 40 heavy (non-hydrogen) atoms. The van der Waals surface area contributed by atoms with Crippen molar-refractivity contribution in [2.24, 2.45) is 5.10 Å². The van der Waals surface area contributed by atoms with Crippen molar-refractivity contribution in [1.29, 1.82) is 0 Å². The van der Waals surface area contributed by atoms with Gasteiger partial charge in [-0.25, -0.2) is 10.5 Å². The first kappa shape index (κ1) is 29.8. The van der Waals surface area contributed by atoms with Gasteiger partial charge in [0.05, 0.1) is 11.8 Å². The largest absolute Gasteiger partial charge is 0.351 e. The summed E-state index contributed by atoms with van der Waals surface area (Å²) < 4.78 is 32.2. The smallest absolute Gasteiger partial charge is 0.295 e. The number of hydrazone groups is 1. The Balaban J connectivity index is 1.50. The van der Waals surface area contributed by atoms with Crippen LogP contribution < -0.4 is 21.5 Å². The van der Waals surface area contributed by atoms with Gasteiger partial charge in [-0.2, -0.15) is 13.5 Å². The zero-order valence-corrected chi connectivity index (χ0v) is 21.8. The number of hydrogen-bond acceptors (Lipinski definition) is 10. The fraction of sp³-hybridized carbons (Fsp3) is 0.200. The zero-order valence-electron chi connectivity index (χ0n) is 21.0. The van der Waals surface area contributed by atoms with Crippen LogP contribution in [-0.2, 0) is 14.9 Å². The quantitative estimate of drug-likeness (QED) is 0.0572. The monoisotopic (exact) mass is 569 g/mol. The summed E-state index contributed by atoms with van der Waals surface area (Å²) in [7, 11) is -4.43. The fourth-order valence-electron chi connectivity index (χ4n) is 3.44. The van der Waals surface area contributed by atoms with E-state index in [1.807, 2.05) is 0 Å². The Labute approximate surface area is 229 Å². The Morgan fingerprint density at radius 2 is 1.75 bits per heavy atom. The van der Waals surface area contributed by atoms with Crippen LogP contribution in [0.15, 0.2) is 77.0 Å². The molecule has 0 spiro atoms. The number of hydrogen-bond donors (Lipinski definition) is 6. The van der Waals surface area contributed by atoms with Crippen LogP contribution in [0.5, 0.6) is 0 Å². The van der Waals surface area contributed by atoms with Crippen molar-refractivity contribution < 1.29 is 32.6 Å². The molecule has 0 aliphatic rings. The molecule has 1 atom stereocenters. The summed E-state index contributed by atoms with van der Waals surface area (Å²) in [5, 5.41) is 18.2. The van der Waals surface area contributed by atoms with E-state index in [-0.39, 0.29) is 39.9 Å². The Morgan fingerprint density at radius 3 is 2.42 bits per heavy atom. The third-order valence-electron chi connectivity index (χ3n) is 5.44. The Bertz CT molecular complexity index is 1450. The standard InChI is InChI=1S/C25H27N7O7S/c33-23(30-20(25(35)32-36)9-4-6-14-27-24(34)19-8-3-5-13-26-19)18-11-12-22(28-15-18)31-29-16-17-7-1-2-10-21(17)40(37,38)39/h1-3,5,7-8,10-13,15-16,20,36H,4,6,9,14H2,(H,27,34)(H,28,31)(H,30,33)(H,32,35)(H,37,38,39). The molecule has 210 valence electrons. The molecule has 0 aliphatic carbocycles. The summed E-state index contributed by atoms with van der Waals surface area (Å²) in [6.07, 6.45) is 5.11. The highest BCUT2D eigenvalue weighted by Crippen LogP contribution is 2.13. The maximum atomic E-state index is 12.6. The van der Waals surface area contributed by atoms with Gasteiger partial charge in [-0.3, -0.25) is 34.6 Å². The highest BCUT2D eigenvalue weighted by molar-refractivity contribution is 7.86. The predicted octanol–water partition coefficient (Wildman–Crippen LogP) is 1.37. The molecule has 3 amide bonds. The Morgan fingerprint density at radius 1 is 0.975 bits per heavy atom. The minimum Gasteiger partial charge on any atom is -0.351 e. The third-order valence-corrected chi connectivity index (χ3v) is 6.37. The van der Waals surface area contributed by atoms with Gasteiger partial charge in [0.25, 0.3) is 27.8 Å². The molecule has 3 rings (SSSR count). The van der Waals surface area contributed by atoms with E-state index in [9.17, 15) is 27.4 Å². The van der Waals surface area contributed by atoms with Gasteiger partial charge >= 0.3 is 0 Å². The number of unbranched alkanes of at least 4 members (excludes halogenated alkanes) is 1. The first-order valence-corrected chi connectivity index (χ1v) is 13.4. The van der Waals surface area contributed by atoms with Crippen LogP contribution in [-0.4, -0.2) is 64.7 Å². The van der Waals surface area contributed by atoms with E-state index in [1.54, 1.807) is 24.3 Å². The first-order valence-electron chi connectivity index (χ1n) is 11.9. The van der Waals surface area contributed by atoms with Crippen LogP contribution in [0, 0.1) is 0 Å². The Hall–Kier alpha value is -4.73. The van der Waals surface area contributed by atoms with E-state index >= 15 is 0 Å². The molecule has 15 heteroatoms. The summed E-state index contributed by atoms with van der Waals surface area (Å²) in [6, 6.07) is 12.5. The molecule has 1 unspecified atom stereocenters. The third kappa shape index (κ3) is 8.93. The second kappa shape index (κ2) is 14.4. The number of nitrogens with one attached hydrogen (secondary N) is 4. The second-order valence-corrected chi connectivity index (χ2v) is 9.67. The van der Waals surface area contributed by atoms with E-state index in [4.69, 9.17) is 5.21 Å². The molecule has 0 bridgehead atoms. The number of carbonyl (C=O) groups excluding carboxylic acids is 3. The summed E-state index contributed by atoms with van der Waals surface area (Å²) in [5.74, 6) is -1.49. The Kier molecular flexibility index (Phi) is 10.8. The van der Waals surface area contributed by atoms with Gasteiger partial charge in [0, 0.05) is 24.5 Å². The molecule has 3 aromatic rings. The fourth-order valence-corrected chi connectivity index (χ4v) is 4.10. The van der Waals surface area contributed by atoms with Gasteiger partial charge in [-0.05, 0) is 49.6 Å². The number of benzene rings is 1. The van der Waals surface area contributed by atoms with E-state index in [0.717, 1.165) is 0 Å². The number of pyridine rings is 2. The van der Waals surface area contributed by atoms with E-state index < -0.39 is 28.0 Å². The summed E-state index contributed by atoms with van der Waals surface area (Å²) in [6.45, 7) is 0.332. The maximum Gasteiger partial charge on any atom is 0.295 e. The number of aromatic nitrogens is 2. The van der Waals surface area contributed by atoms with Crippen LogP contribution in [0.25, 0.3) is 0 Å². The minimum atomic E-state index is -4.43. The van der Waals surface area contributed by atoms with E-state index in [2.05, 4.69) is 31.1 Å². The summed E-state index contributed by atoms with van der Waals surface area (Å²) in [5.41, 5.74) is 4.69. The van der Waals surface area contributed by atoms with Crippen LogP contribution in [0.4, 0.5) is 5.82 Å². The van der Waals surface area contributed by atoms with Gasteiger partial charge in [-0.1, -0.05) is 24.3 Å². The molecule has 14 nitrogen and oxygen atoms in total. The molecule has 0 aliphatic heterocycles. The topological polar surface area (TPSA) is 212 Å².